The molecule has 0 unspecified atom stereocenters. The number of aromatic amines is 1. The molecule has 3 aromatic rings. The number of fused-ring (bicyclic) bond motifs is 1. The molecule has 90 valence electrons. The summed E-state index contributed by atoms with van der Waals surface area (Å²) < 4.78 is 1.74. The highest BCUT2D eigenvalue weighted by molar-refractivity contribution is 6.05. The summed E-state index contributed by atoms with van der Waals surface area (Å²) in [4.78, 5) is 12.0. The zero-order valence-electron chi connectivity index (χ0n) is 9.71. The molecule has 0 atom stereocenters. The van der Waals surface area contributed by atoms with Gasteiger partial charge in [-0.25, -0.2) is 0 Å². The third-order valence-corrected chi connectivity index (χ3v) is 2.76. The molecular weight excluding hydrogens is 230 g/mol. The molecule has 18 heavy (non-hydrogen) atoms. The Hall–Kier alpha value is -2.63. The smallest absolute Gasteiger partial charge is 0.256 e. The highest BCUT2D eigenvalue weighted by Gasteiger charge is 2.09. The van der Waals surface area contributed by atoms with E-state index in [-0.39, 0.29) is 5.91 Å². The molecule has 0 bridgehead atoms. The maximum absolute atomic E-state index is 12.0. The van der Waals surface area contributed by atoms with Crippen molar-refractivity contribution in [2.75, 3.05) is 5.32 Å². The number of hydrogen-bond acceptors (Lipinski definition) is 3. The van der Waals surface area contributed by atoms with E-state index in [1.54, 1.807) is 29.2 Å². The van der Waals surface area contributed by atoms with Gasteiger partial charge in [0.15, 0.2) is 0 Å². The van der Waals surface area contributed by atoms with Gasteiger partial charge in [-0.3, -0.25) is 14.6 Å². The fourth-order valence-corrected chi connectivity index (χ4v) is 1.81. The second-order valence-corrected chi connectivity index (χ2v) is 3.97. The summed E-state index contributed by atoms with van der Waals surface area (Å²) in [6.45, 7) is 0. The summed E-state index contributed by atoms with van der Waals surface area (Å²) in [7, 11) is 1.85. The van der Waals surface area contributed by atoms with Crippen LogP contribution in [0.2, 0.25) is 0 Å². The number of hydrogen-bond donors (Lipinski definition) is 2. The summed E-state index contributed by atoms with van der Waals surface area (Å²) in [6.07, 6.45) is 3.35. The molecule has 0 aliphatic heterocycles. The molecule has 3 rings (SSSR count). The maximum atomic E-state index is 12.0. The number of nitrogens with zero attached hydrogens (tertiary/aromatic N) is 3. The normalized spacial score (nSPS) is 10.7. The van der Waals surface area contributed by atoms with Crippen molar-refractivity contribution in [1.82, 2.24) is 20.0 Å². The zero-order chi connectivity index (χ0) is 12.5. The predicted octanol–water partition coefficient (Wildman–Crippen LogP) is 1.55. The minimum atomic E-state index is -0.178. The van der Waals surface area contributed by atoms with Gasteiger partial charge in [-0.15, -0.1) is 0 Å². The van der Waals surface area contributed by atoms with E-state index in [0.29, 0.717) is 11.4 Å². The van der Waals surface area contributed by atoms with Crippen LogP contribution in [0, 0.1) is 0 Å². The van der Waals surface area contributed by atoms with E-state index in [1.807, 2.05) is 19.2 Å². The summed E-state index contributed by atoms with van der Waals surface area (Å²) in [5, 5.41) is 14.3. The number of amides is 1. The lowest BCUT2D eigenvalue weighted by atomic mass is 10.1. The van der Waals surface area contributed by atoms with Crippen molar-refractivity contribution in [3.05, 3.63) is 42.2 Å². The van der Waals surface area contributed by atoms with Gasteiger partial charge in [-0.1, -0.05) is 6.07 Å². The van der Waals surface area contributed by atoms with Gasteiger partial charge >= 0.3 is 0 Å². The molecule has 6 heteroatoms. The first-order chi connectivity index (χ1) is 8.74. The van der Waals surface area contributed by atoms with Crippen molar-refractivity contribution in [2.45, 2.75) is 0 Å². The van der Waals surface area contributed by atoms with E-state index < -0.39 is 0 Å². The third-order valence-electron chi connectivity index (χ3n) is 2.76. The molecule has 0 aliphatic rings. The van der Waals surface area contributed by atoms with E-state index in [1.165, 1.54) is 0 Å². The average Bonchev–Trinajstić information content (AvgIpc) is 3.00. The van der Waals surface area contributed by atoms with Crippen LogP contribution in [-0.2, 0) is 7.05 Å². The Balaban J connectivity index is 1.93. The third kappa shape index (κ3) is 1.73. The van der Waals surface area contributed by atoms with Crippen LogP contribution in [0.3, 0.4) is 0 Å². The van der Waals surface area contributed by atoms with Gasteiger partial charge in [0.1, 0.15) is 5.82 Å². The van der Waals surface area contributed by atoms with Crippen molar-refractivity contribution < 1.29 is 4.79 Å². The van der Waals surface area contributed by atoms with Crippen LogP contribution in [0.5, 0.6) is 0 Å². The Kier molecular flexibility index (Phi) is 2.33. The number of rotatable bonds is 2. The van der Waals surface area contributed by atoms with Gasteiger partial charge in [0.05, 0.1) is 17.9 Å². The first kappa shape index (κ1) is 10.5. The molecule has 2 heterocycles. The summed E-state index contributed by atoms with van der Waals surface area (Å²) >= 11 is 0. The number of anilines is 1. The number of nitrogens with one attached hydrogen (secondary N) is 2. The molecule has 0 aliphatic carbocycles. The molecule has 0 fully saturated rings. The minimum absolute atomic E-state index is 0.178. The van der Waals surface area contributed by atoms with Crippen LogP contribution in [0.15, 0.2) is 36.7 Å². The fraction of sp³-hybridized carbons (Fsp3) is 0.0833. The lowest BCUT2D eigenvalue weighted by Gasteiger charge is -2.03. The molecule has 2 aromatic heterocycles. The highest BCUT2D eigenvalue weighted by Crippen LogP contribution is 2.15. The SMILES string of the molecule is Cn1ncc2ccc(C(=O)Nc3ccn[nH]3)cc21. The first-order valence-corrected chi connectivity index (χ1v) is 5.46. The number of aromatic nitrogens is 4. The second-order valence-electron chi connectivity index (χ2n) is 3.97. The van der Waals surface area contributed by atoms with E-state index in [4.69, 9.17) is 0 Å². The average molecular weight is 241 g/mol. The Bertz CT molecular complexity index is 698. The standard InChI is InChI=1S/C12H11N5O/c1-17-10-6-8(2-3-9(10)7-14-17)12(18)15-11-4-5-13-16-11/h2-7H,1H3,(H2,13,15,16,18). The van der Waals surface area contributed by atoms with Crippen molar-refractivity contribution in [3.8, 4) is 0 Å². The van der Waals surface area contributed by atoms with Gasteiger partial charge in [-0.2, -0.15) is 10.2 Å². The Morgan fingerprint density at radius 3 is 3.06 bits per heavy atom. The monoisotopic (exact) mass is 241 g/mol. The number of H-pyrrole nitrogens is 1. The van der Waals surface area contributed by atoms with E-state index in [2.05, 4.69) is 20.6 Å². The molecule has 6 nitrogen and oxygen atoms in total. The highest BCUT2D eigenvalue weighted by atomic mass is 16.1. The molecule has 0 radical (unpaired) electrons. The number of carbonyl (C=O) groups is 1. The lowest BCUT2D eigenvalue weighted by Crippen LogP contribution is -2.12. The largest absolute Gasteiger partial charge is 0.307 e. The Labute approximate surface area is 103 Å². The summed E-state index contributed by atoms with van der Waals surface area (Å²) in [5.74, 6) is 0.396. The lowest BCUT2D eigenvalue weighted by molar-refractivity contribution is 0.102. The van der Waals surface area contributed by atoms with Crippen molar-refractivity contribution in [3.63, 3.8) is 0 Å². The molecule has 1 aromatic carbocycles. The van der Waals surface area contributed by atoms with E-state index in [0.717, 1.165) is 10.9 Å². The fourth-order valence-electron chi connectivity index (χ4n) is 1.81. The zero-order valence-corrected chi connectivity index (χ0v) is 9.71. The number of benzene rings is 1. The quantitative estimate of drug-likeness (QED) is 0.714. The number of carbonyl (C=O) groups excluding carboxylic acids is 1. The van der Waals surface area contributed by atoms with Gasteiger partial charge in [0.25, 0.3) is 5.91 Å². The Morgan fingerprint density at radius 1 is 1.39 bits per heavy atom. The van der Waals surface area contributed by atoms with Crippen LogP contribution >= 0.6 is 0 Å². The van der Waals surface area contributed by atoms with E-state index >= 15 is 0 Å². The van der Waals surface area contributed by atoms with Crippen LogP contribution in [0.4, 0.5) is 5.82 Å². The first-order valence-electron chi connectivity index (χ1n) is 5.46. The van der Waals surface area contributed by atoms with E-state index in [9.17, 15) is 4.79 Å². The molecule has 0 spiro atoms. The van der Waals surface area contributed by atoms with Crippen LogP contribution < -0.4 is 5.32 Å². The van der Waals surface area contributed by atoms with Crippen molar-refractivity contribution >= 4 is 22.6 Å². The molecule has 2 N–H and O–H groups in total. The predicted molar refractivity (Wildman–Crippen MR) is 67.3 cm³/mol. The van der Waals surface area contributed by atoms with Crippen LogP contribution in [0.1, 0.15) is 10.4 Å². The molecule has 0 saturated carbocycles. The number of aryl methyl sites for hydroxylation is 1. The van der Waals surface area contributed by atoms with Gasteiger partial charge in [-0.05, 0) is 12.1 Å². The summed E-state index contributed by atoms with van der Waals surface area (Å²) in [5.41, 5.74) is 1.51. The van der Waals surface area contributed by atoms with Crippen molar-refractivity contribution in [1.29, 1.82) is 0 Å². The van der Waals surface area contributed by atoms with Gasteiger partial charge in [0.2, 0.25) is 0 Å². The van der Waals surface area contributed by atoms with Gasteiger partial charge in [0, 0.05) is 24.1 Å². The maximum Gasteiger partial charge on any atom is 0.256 e. The summed E-state index contributed by atoms with van der Waals surface area (Å²) in [6, 6.07) is 7.16. The van der Waals surface area contributed by atoms with Crippen molar-refractivity contribution in [2.24, 2.45) is 7.05 Å². The van der Waals surface area contributed by atoms with Crippen LogP contribution in [-0.4, -0.2) is 25.9 Å². The molecule has 0 saturated heterocycles. The molecule has 1 amide bonds. The second kappa shape index (κ2) is 3.99. The Morgan fingerprint density at radius 2 is 2.28 bits per heavy atom. The minimum Gasteiger partial charge on any atom is -0.307 e. The van der Waals surface area contributed by atoms with Crippen LogP contribution in [0.25, 0.3) is 10.9 Å². The molecular formula is C12H11N5O. The topological polar surface area (TPSA) is 75.6 Å². The van der Waals surface area contributed by atoms with Gasteiger partial charge < -0.3 is 5.32 Å².